The fourth-order valence-electron chi connectivity index (χ4n) is 5.05. The molecule has 9 heteroatoms. The molecule has 0 aliphatic carbocycles. The average molecular weight is 693 g/mol. The fraction of sp³-hybridized carbons (Fsp3) is 0. The summed E-state index contributed by atoms with van der Waals surface area (Å²) in [5.74, 6) is 0.511. The van der Waals surface area contributed by atoms with Crippen LogP contribution in [0.25, 0.3) is 12.2 Å². The lowest BCUT2D eigenvalue weighted by atomic mass is 10.1. The van der Waals surface area contributed by atoms with Crippen molar-refractivity contribution < 1.29 is 27.5 Å². The first-order chi connectivity index (χ1) is 24.7. The number of nitrogens with one attached hydrogen (secondary N) is 2. The molecule has 0 spiro atoms. The molecule has 2 amide bonds. The van der Waals surface area contributed by atoms with Crippen LogP contribution < -0.4 is 20.1 Å². The Balaban J connectivity index is 1.18. The van der Waals surface area contributed by atoms with Crippen LogP contribution in [-0.2, 0) is 9.84 Å². The van der Waals surface area contributed by atoms with Gasteiger partial charge in [0.05, 0.1) is 21.2 Å². The maximum absolute atomic E-state index is 13.8. The fourth-order valence-corrected chi connectivity index (χ4v) is 6.38. The molecule has 8 nitrogen and oxygen atoms in total. The van der Waals surface area contributed by atoms with E-state index < -0.39 is 9.84 Å². The van der Waals surface area contributed by atoms with Crippen LogP contribution in [0.15, 0.2) is 169 Å². The lowest BCUT2D eigenvalue weighted by molar-refractivity contribution is 0.101. The van der Waals surface area contributed by atoms with Crippen LogP contribution in [0.5, 0.6) is 23.0 Å². The number of carbonyl (C=O) groups excluding carboxylic acids is 2. The van der Waals surface area contributed by atoms with Crippen LogP contribution in [0.2, 0.25) is 0 Å². The topological polar surface area (TPSA) is 111 Å². The van der Waals surface area contributed by atoms with Gasteiger partial charge in [0.1, 0.15) is 11.5 Å². The summed E-state index contributed by atoms with van der Waals surface area (Å²) in [7, 11) is -4.02. The number of amides is 2. The van der Waals surface area contributed by atoms with Gasteiger partial charge in [-0.25, -0.2) is 8.42 Å². The van der Waals surface area contributed by atoms with Gasteiger partial charge in [-0.3, -0.25) is 9.59 Å². The van der Waals surface area contributed by atoms with Gasteiger partial charge in [0.2, 0.25) is 9.84 Å². The first kappa shape index (κ1) is 34.2. The third kappa shape index (κ3) is 8.13. The summed E-state index contributed by atoms with van der Waals surface area (Å²) in [6.45, 7) is 7.46. The molecule has 0 atom stereocenters. The smallest absolute Gasteiger partial charge is 0.255 e. The number of hydrogen-bond acceptors (Lipinski definition) is 6. The number of benzene rings is 6. The molecule has 0 heterocycles. The Morgan fingerprint density at radius 1 is 0.510 bits per heavy atom. The predicted molar refractivity (Wildman–Crippen MR) is 200 cm³/mol. The largest absolute Gasteiger partial charge is 0.455 e. The molecule has 6 rings (SSSR count). The molecule has 0 aliphatic heterocycles. The Hall–Kier alpha value is -6.71. The molecule has 0 bridgehead atoms. The summed E-state index contributed by atoms with van der Waals surface area (Å²) in [5.41, 5.74) is 3.52. The van der Waals surface area contributed by atoms with Gasteiger partial charge in [0.15, 0.2) is 11.5 Å². The molecule has 6 aromatic carbocycles. The molecule has 2 N–H and O–H groups in total. The highest BCUT2D eigenvalue weighted by atomic mass is 32.2. The first-order valence-electron chi connectivity index (χ1n) is 15.8. The molecular formula is C42H32N2O6S. The van der Waals surface area contributed by atoms with Crippen molar-refractivity contribution in [2.45, 2.75) is 9.79 Å². The van der Waals surface area contributed by atoms with E-state index >= 15 is 0 Å². The molecule has 252 valence electrons. The Morgan fingerprint density at radius 3 is 1.29 bits per heavy atom. The van der Waals surface area contributed by atoms with Gasteiger partial charge in [-0.1, -0.05) is 86.0 Å². The van der Waals surface area contributed by atoms with Crippen molar-refractivity contribution in [3.05, 3.63) is 181 Å². The first-order valence-corrected chi connectivity index (χ1v) is 17.3. The number of carbonyl (C=O) groups is 2. The van der Waals surface area contributed by atoms with Gasteiger partial charge in [-0.05, 0) is 96.1 Å². The minimum Gasteiger partial charge on any atom is -0.455 e. The van der Waals surface area contributed by atoms with Gasteiger partial charge in [-0.15, -0.1) is 0 Å². The third-order valence-corrected chi connectivity index (χ3v) is 9.52. The van der Waals surface area contributed by atoms with Crippen molar-refractivity contribution in [2.75, 3.05) is 10.6 Å². The van der Waals surface area contributed by atoms with Gasteiger partial charge >= 0.3 is 0 Å². The minimum atomic E-state index is -4.02. The van der Waals surface area contributed by atoms with Crippen LogP contribution in [0.1, 0.15) is 31.8 Å². The number of rotatable bonds is 12. The number of anilines is 2. The standard InChI is InChI=1S/C42H32N2O6S/c1-3-29-19-23-31(24-20-29)41(45)43-37-15-5-7-17-39(37)49-33-11-9-13-35(27-33)51(47,48)36-14-10-12-34(28-36)50-40-18-8-6-16-38(40)44-42(46)32-25-21-30(4-2)22-26-32/h3-28H,1-2H2,(H,43,45)(H,44,46). The molecule has 0 radical (unpaired) electrons. The maximum Gasteiger partial charge on any atom is 0.255 e. The van der Waals surface area contributed by atoms with Crippen molar-refractivity contribution >= 4 is 45.2 Å². The predicted octanol–water partition coefficient (Wildman–Crippen LogP) is 9.89. The summed E-state index contributed by atoms with van der Waals surface area (Å²) < 4.78 is 39.9. The lowest BCUT2D eigenvalue weighted by Gasteiger charge is -2.14. The molecule has 0 unspecified atom stereocenters. The van der Waals surface area contributed by atoms with Crippen LogP contribution in [0.3, 0.4) is 0 Å². The molecule has 0 saturated heterocycles. The second-order valence-electron chi connectivity index (χ2n) is 11.2. The quantitative estimate of drug-likeness (QED) is 0.132. The monoisotopic (exact) mass is 692 g/mol. The van der Waals surface area contributed by atoms with Crippen LogP contribution >= 0.6 is 0 Å². The second kappa shape index (κ2) is 15.2. The van der Waals surface area contributed by atoms with E-state index in [4.69, 9.17) is 9.47 Å². The zero-order chi connectivity index (χ0) is 35.8. The van der Waals surface area contributed by atoms with E-state index in [1.54, 1.807) is 133 Å². The van der Waals surface area contributed by atoms with Gasteiger partial charge in [-0.2, -0.15) is 0 Å². The lowest BCUT2D eigenvalue weighted by Crippen LogP contribution is -2.12. The Morgan fingerprint density at radius 2 is 0.902 bits per heavy atom. The van der Waals surface area contributed by atoms with E-state index in [1.165, 1.54) is 24.3 Å². The normalized spacial score (nSPS) is 10.8. The van der Waals surface area contributed by atoms with E-state index in [-0.39, 0.29) is 33.1 Å². The molecule has 51 heavy (non-hydrogen) atoms. The maximum atomic E-state index is 13.8. The molecule has 0 saturated carbocycles. The number of sulfone groups is 1. The second-order valence-corrected chi connectivity index (χ2v) is 13.2. The summed E-state index contributed by atoms with van der Waals surface area (Å²) in [6.07, 6.45) is 3.39. The number of hydrogen-bond donors (Lipinski definition) is 2. The molecule has 0 fully saturated rings. The van der Waals surface area contributed by atoms with E-state index in [1.807, 2.05) is 0 Å². The van der Waals surface area contributed by atoms with Crippen molar-refractivity contribution in [1.29, 1.82) is 0 Å². The van der Waals surface area contributed by atoms with E-state index in [0.29, 0.717) is 34.0 Å². The Labute approximate surface area is 296 Å². The van der Waals surface area contributed by atoms with Gasteiger partial charge in [0, 0.05) is 11.1 Å². The zero-order valence-corrected chi connectivity index (χ0v) is 28.1. The van der Waals surface area contributed by atoms with Crippen LogP contribution in [0, 0.1) is 0 Å². The minimum absolute atomic E-state index is 0.00360. The highest BCUT2D eigenvalue weighted by Gasteiger charge is 2.20. The summed E-state index contributed by atoms with van der Waals surface area (Å²) >= 11 is 0. The average Bonchev–Trinajstić information content (AvgIpc) is 3.16. The summed E-state index contributed by atoms with van der Waals surface area (Å²) in [6, 6.07) is 39.9. The highest BCUT2D eigenvalue weighted by Crippen LogP contribution is 2.34. The molecule has 0 aliphatic rings. The molecule has 0 aromatic heterocycles. The highest BCUT2D eigenvalue weighted by molar-refractivity contribution is 7.91. The molecular weight excluding hydrogens is 661 g/mol. The van der Waals surface area contributed by atoms with Gasteiger partial charge < -0.3 is 20.1 Å². The zero-order valence-electron chi connectivity index (χ0n) is 27.3. The van der Waals surface area contributed by atoms with Crippen molar-refractivity contribution in [2.24, 2.45) is 0 Å². The SMILES string of the molecule is C=Cc1ccc(C(=O)Nc2ccccc2Oc2cccc(S(=O)(=O)c3cccc(Oc4ccccc4NC(=O)c4ccc(C=C)cc4)c3)c2)cc1. The van der Waals surface area contributed by atoms with Crippen LogP contribution in [0.4, 0.5) is 11.4 Å². The summed E-state index contributed by atoms with van der Waals surface area (Å²) in [4.78, 5) is 25.9. The van der Waals surface area contributed by atoms with Crippen molar-refractivity contribution in [3.8, 4) is 23.0 Å². The van der Waals surface area contributed by atoms with Gasteiger partial charge in [0.25, 0.3) is 11.8 Å². The molecule has 6 aromatic rings. The van der Waals surface area contributed by atoms with E-state index in [9.17, 15) is 18.0 Å². The van der Waals surface area contributed by atoms with Crippen LogP contribution in [-0.4, -0.2) is 20.2 Å². The van der Waals surface area contributed by atoms with E-state index in [0.717, 1.165) is 11.1 Å². The summed E-state index contributed by atoms with van der Waals surface area (Å²) in [5, 5.41) is 5.72. The number of ether oxygens (including phenoxy) is 2. The number of para-hydroxylation sites is 4. The van der Waals surface area contributed by atoms with Crippen molar-refractivity contribution in [1.82, 2.24) is 0 Å². The van der Waals surface area contributed by atoms with E-state index in [2.05, 4.69) is 23.8 Å². The Bertz CT molecular complexity index is 2190. The van der Waals surface area contributed by atoms with Crippen molar-refractivity contribution in [3.63, 3.8) is 0 Å². The Kier molecular flexibility index (Phi) is 10.2. The third-order valence-electron chi connectivity index (χ3n) is 7.77.